The van der Waals surface area contributed by atoms with Crippen molar-refractivity contribution in [3.63, 3.8) is 0 Å². The average Bonchev–Trinajstić information content (AvgIpc) is 2.25. The summed E-state index contributed by atoms with van der Waals surface area (Å²) in [6.45, 7) is -0.269. The van der Waals surface area contributed by atoms with E-state index in [2.05, 4.69) is 0 Å². The Morgan fingerprint density at radius 3 is 2.29 bits per heavy atom. The molecule has 0 fully saturated rings. The largest absolute Gasteiger partial charge is 0.416 e. The molecule has 0 heterocycles. The third-order valence-electron chi connectivity index (χ3n) is 2.19. The van der Waals surface area contributed by atoms with Gasteiger partial charge in [0.05, 0.1) is 11.7 Å². The minimum Gasteiger partial charge on any atom is -0.389 e. The summed E-state index contributed by atoms with van der Waals surface area (Å²) in [5.41, 5.74) is 4.00. The number of rotatable bonds is 3. The van der Waals surface area contributed by atoms with Crippen molar-refractivity contribution in [2.24, 2.45) is 5.73 Å². The zero-order valence-electron chi connectivity index (χ0n) is 8.58. The van der Waals surface area contributed by atoms with Gasteiger partial charge in [-0.3, -0.25) is 0 Å². The van der Waals surface area contributed by atoms with Crippen LogP contribution >= 0.6 is 11.6 Å². The van der Waals surface area contributed by atoms with Crippen LogP contribution in [0.4, 0.5) is 13.2 Å². The van der Waals surface area contributed by atoms with Gasteiger partial charge in [0, 0.05) is 11.6 Å². The maximum Gasteiger partial charge on any atom is 0.416 e. The predicted molar refractivity (Wildman–Crippen MR) is 56.5 cm³/mol. The van der Waals surface area contributed by atoms with Crippen LogP contribution in [0.15, 0.2) is 18.2 Å². The molecule has 0 amide bonds. The van der Waals surface area contributed by atoms with Crippen molar-refractivity contribution in [2.75, 3.05) is 6.54 Å². The number of aliphatic hydroxyl groups excluding tert-OH is 2. The van der Waals surface area contributed by atoms with Crippen LogP contribution < -0.4 is 5.73 Å². The van der Waals surface area contributed by atoms with Gasteiger partial charge < -0.3 is 15.9 Å². The lowest BCUT2D eigenvalue weighted by molar-refractivity contribution is -0.137. The summed E-state index contributed by atoms with van der Waals surface area (Å²) in [6.07, 6.45) is -7.40. The third-order valence-corrected chi connectivity index (χ3v) is 2.41. The number of alkyl halides is 3. The van der Waals surface area contributed by atoms with Crippen LogP contribution in [0.5, 0.6) is 0 Å². The highest BCUT2D eigenvalue weighted by atomic mass is 35.5. The van der Waals surface area contributed by atoms with Gasteiger partial charge in [-0.15, -0.1) is 0 Å². The molecule has 0 aromatic heterocycles. The first-order valence-electron chi connectivity index (χ1n) is 4.69. The fraction of sp³-hybridized carbons (Fsp3) is 0.400. The van der Waals surface area contributed by atoms with Crippen molar-refractivity contribution >= 4 is 11.6 Å². The van der Waals surface area contributed by atoms with Crippen LogP contribution in [0.2, 0.25) is 5.02 Å². The first-order valence-corrected chi connectivity index (χ1v) is 5.07. The summed E-state index contributed by atoms with van der Waals surface area (Å²) < 4.78 is 37.4. The molecular weight excluding hydrogens is 259 g/mol. The Labute approximate surface area is 101 Å². The van der Waals surface area contributed by atoms with Crippen molar-refractivity contribution < 1.29 is 23.4 Å². The highest BCUT2D eigenvalue weighted by Crippen LogP contribution is 2.33. The first-order chi connectivity index (χ1) is 7.75. The van der Waals surface area contributed by atoms with Gasteiger partial charge in [0.15, 0.2) is 0 Å². The zero-order chi connectivity index (χ0) is 13.2. The van der Waals surface area contributed by atoms with Gasteiger partial charge >= 0.3 is 6.18 Å². The normalized spacial score (nSPS) is 15.7. The number of halogens is 4. The lowest BCUT2D eigenvalue weighted by Crippen LogP contribution is -2.27. The molecule has 0 bridgehead atoms. The summed E-state index contributed by atoms with van der Waals surface area (Å²) >= 11 is 5.52. The van der Waals surface area contributed by atoms with Crippen LogP contribution in [-0.4, -0.2) is 22.9 Å². The molecule has 2 atom stereocenters. The summed E-state index contributed by atoms with van der Waals surface area (Å²) in [7, 11) is 0. The van der Waals surface area contributed by atoms with Crippen molar-refractivity contribution in [3.05, 3.63) is 34.3 Å². The van der Waals surface area contributed by atoms with E-state index in [4.69, 9.17) is 17.3 Å². The van der Waals surface area contributed by atoms with Gasteiger partial charge in [0.25, 0.3) is 0 Å². The number of hydrogen-bond acceptors (Lipinski definition) is 3. The molecule has 3 nitrogen and oxygen atoms in total. The number of benzene rings is 1. The fourth-order valence-corrected chi connectivity index (χ4v) is 1.54. The second kappa shape index (κ2) is 5.22. The van der Waals surface area contributed by atoms with Crippen molar-refractivity contribution in [1.82, 2.24) is 0 Å². The quantitative estimate of drug-likeness (QED) is 0.783. The molecule has 0 aliphatic heterocycles. The van der Waals surface area contributed by atoms with E-state index in [0.717, 1.165) is 18.2 Å². The smallest absolute Gasteiger partial charge is 0.389 e. The van der Waals surface area contributed by atoms with Gasteiger partial charge in [-0.1, -0.05) is 11.6 Å². The SMILES string of the molecule is NCC(O)C(O)c1cc(Cl)cc(C(F)(F)F)c1. The standard InChI is InChI=1S/C10H11ClF3NO2/c11-7-2-5(9(17)8(16)4-15)1-6(3-7)10(12,13)14/h1-3,8-9,16-17H,4,15H2. The van der Waals surface area contributed by atoms with E-state index < -0.39 is 23.9 Å². The number of aliphatic hydroxyl groups is 2. The molecule has 1 aromatic rings. The van der Waals surface area contributed by atoms with E-state index in [0.29, 0.717) is 0 Å². The van der Waals surface area contributed by atoms with Gasteiger partial charge in [-0.25, -0.2) is 0 Å². The number of hydrogen-bond donors (Lipinski definition) is 3. The molecule has 0 aliphatic carbocycles. The molecule has 2 unspecified atom stereocenters. The molecule has 0 saturated heterocycles. The zero-order valence-corrected chi connectivity index (χ0v) is 9.33. The van der Waals surface area contributed by atoms with E-state index in [1.165, 1.54) is 0 Å². The van der Waals surface area contributed by atoms with Crippen LogP contribution in [0, 0.1) is 0 Å². The monoisotopic (exact) mass is 269 g/mol. The lowest BCUT2D eigenvalue weighted by Gasteiger charge is -2.18. The Balaban J connectivity index is 3.14. The van der Waals surface area contributed by atoms with Crippen LogP contribution in [0.1, 0.15) is 17.2 Å². The van der Waals surface area contributed by atoms with Crippen LogP contribution in [0.25, 0.3) is 0 Å². The van der Waals surface area contributed by atoms with Crippen molar-refractivity contribution in [2.45, 2.75) is 18.4 Å². The third kappa shape index (κ3) is 3.57. The Hall–Kier alpha value is -0.820. The summed E-state index contributed by atoms with van der Waals surface area (Å²) in [5, 5.41) is 18.6. The Kier molecular flexibility index (Phi) is 4.37. The van der Waals surface area contributed by atoms with Gasteiger partial charge in [-0.05, 0) is 23.8 Å². The Morgan fingerprint density at radius 2 is 1.82 bits per heavy atom. The van der Waals surface area contributed by atoms with E-state index in [-0.39, 0.29) is 17.1 Å². The maximum atomic E-state index is 12.5. The minimum atomic E-state index is -4.56. The predicted octanol–water partition coefficient (Wildman–Crippen LogP) is 1.71. The van der Waals surface area contributed by atoms with E-state index >= 15 is 0 Å². The Bertz CT molecular complexity index is 398. The van der Waals surface area contributed by atoms with Crippen LogP contribution in [0.3, 0.4) is 0 Å². The van der Waals surface area contributed by atoms with E-state index in [9.17, 15) is 23.4 Å². The fourth-order valence-electron chi connectivity index (χ4n) is 1.30. The lowest BCUT2D eigenvalue weighted by atomic mass is 10.0. The highest BCUT2D eigenvalue weighted by Gasteiger charge is 2.32. The first kappa shape index (κ1) is 14.2. The molecule has 7 heteroatoms. The molecule has 4 N–H and O–H groups in total. The van der Waals surface area contributed by atoms with Gasteiger partial charge in [-0.2, -0.15) is 13.2 Å². The average molecular weight is 270 g/mol. The topological polar surface area (TPSA) is 66.5 Å². The molecule has 17 heavy (non-hydrogen) atoms. The Morgan fingerprint density at radius 1 is 1.24 bits per heavy atom. The van der Waals surface area contributed by atoms with Crippen molar-refractivity contribution in [3.8, 4) is 0 Å². The number of nitrogens with two attached hydrogens (primary N) is 1. The molecule has 96 valence electrons. The second-order valence-corrected chi connectivity index (χ2v) is 3.96. The van der Waals surface area contributed by atoms with Crippen molar-refractivity contribution in [1.29, 1.82) is 0 Å². The summed E-state index contributed by atoms with van der Waals surface area (Å²) in [4.78, 5) is 0. The molecule has 1 rings (SSSR count). The molecule has 0 aliphatic rings. The summed E-state index contributed by atoms with van der Waals surface area (Å²) in [6, 6.07) is 2.63. The molecule has 0 spiro atoms. The van der Waals surface area contributed by atoms with E-state index in [1.54, 1.807) is 0 Å². The molecular formula is C10H11ClF3NO2. The molecule has 1 aromatic carbocycles. The second-order valence-electron chi connectivity index (χ2n) is 3.52. The van der Waals surface area contributed by atoms with Gasteiger partial charge in [0.2, 0.25) is 0 Å². The van der Waals surface area contributed by atoms with E-state index in [1.807, 2.05) is 0 Å². The maximum absolute atomic E-state index is 12.5. The van der Waals surface area contributed by atoms with Crippen LogP contribution in [-0.2, 0) is 6.18 Å². The molecule has 0 saturated carbocycles. The highest BCUT2D eigenvalue weighted by molar-refractivity contribution is 6.30. The summed E-state index contributed by atoms with van der Waals surface area (Å²) in [5.74, 6) is 0. The molecule has 0 radical (unpaired) electrons. The van der Waals surface area contributed by atoms with Gasteiger partial charge in [0.1, 0.15) is 6.10 Å². The minimum absolute atomic E-state index is 0.122.